The fourth-order valence-corrected chi connectivity index (χ4v) is 0. The van der Waals surface area contributed by atoms with Crippen molar-refractivity contribution in [1.82, 2.24) is 0 Å². The molecule has 3 heteroatoms. The number of halogens is 1. The second kappa shape index (κ2) is 28.7. The topological polar surface area (TPSA) is 23.1 Å². The van der Waals surface area contributed by atoms with Crippen LogP contribution in [0.15, 0.2) is 0 Å². The van der Waals surface area contributed by atoms with E-state index in [1.165, 1.54) is 0 Å². The van der Waals surface area contributed by atoms with Gasteiger partial charge in [-0.15, -0.1) is 12.4 Å². The first-order valence-corrected chi connectivity index (χ1v) is 0.408. The first-order chi connectivity index (χ1) is 1.00. The molecule has 0 unspecified atom stereocenters. The first-order valence-electron chi connectivity index (χ1n) is 0.408. The molecule has 4 heavy (non-hydrogen) atoms. The van der Waals surface area contributed by atoms with Gasteiger partial charge in [-0.2, -0.15) is 7.11 Å². The first kappa shape index (κ1) is 18.7. The minimum Gasteiger partial charge on any atom is -0.857 e. The molecule has 0 aliphatic rings. The summed E-state index contributed by atoms with van der Waals surface area (Å²) in [5, 5.41) is 8.25. The Morgan fingerprint density at radius 3 is 1.25 bits per heavy atom. The Bertz CT molecular complexity index is 8.00. The summed E-state index contributed by atoms with van der Waals surface area (Å²) in [6.07, 6.45) is 0. The van der Waals surface area contributed by atoms with Gasteiger partial charge >= 0.3 is 29.6 Å². The fraction of sp³-hybridized carbons (Fsp3) is 1.00. The summed E-state index contributed by atoms with van der Waals surface area (Å²) in [5.74, 6) is 0. The minimum atomic E-state index is 0. The van der Waals surface area contributed by atoms with Crippen LogP contribution in [0.25, 0.3) is 0 Å². The molecule has 0 bridgehead atoms. The predicted octanol–water partition coefficient (Wildman–Crippen LogP) is -3.60. The molecule has 0 rings (SSSR count). The largest absolute Gasteiger partial charge is 1.00 e. The van der Waals surface area contributed by atoms with Gasteiger partial charge in [0.05, 0.1) is 0 Å². The van der Waals surface area contributed by atoms with Crippen molar-refractivity contribution in [1.29, 1.82) is 0 Å². The Kier molecular flexibility index (Phi) is 135. The molecule has 0 amide bonds. The Labute approximate surface area is 54.1 Å². The van der Waals surface area contributed by atoms with Gasteiger partial charge in [0.2, 0.25) is 0 Å². The van der Waals surface area contributed by atoms with Crippen LogP contribution >= 0.6 is 12.4 Å². The molecular formula is CH4ClNaO. The van der Waals surface area contributed by atoms with Gasteiger partial charge in [0, 0.05) is 0 Å². The zero-order valence-corrected chi connectivity index (χ0v) is 5.63. The Morgan fingerprint density at radius 1 is 1.25 bits per heavy atom. The van der Waals surface area contributed by atoms with Gasteiger partial charge in [-0.25, -0.2) is 0 Å². The van der Waals surface area contributed by atoms with E-state index in [2.05, 4.69) is 0 Å². The smallest absolute Gasteiger partial charge is 0.857 e. The predicted molar refractivity (Wildman–Crippen MR) is 13.2 cm³/mol. The molecule has 0 fully saturated rings. The van der Waals surface area contributed by atoms with Gasteiger partial charge in [-0.1, -0.05) is 0 Å². The van der Waals surface area contributed by atoms with E-state index >= 15 is 0 Å². The van der Waals surface area contributed by atoms with E-state index in [1.54, 1.807) is 0 Å². The average molecular weight is 90.5 g/mol. The summed E-state index contributed by atoms with van der Waals surface area (Å²) in [4.78, 5) is 0. The maximum absolute atomic E-state index is 8.25. The van der Waals surface area contributed by atoms with Gasteiger partial charge in [0.25, 0.3) is 0 Å². The van der Waals surface area contributed by atoms with Crippen LogP contribution < -0.4 is 34.7 Å². The third kappa shape index (κ3) is 10.5. The van der Waals surface area contributed by atoms with Crippen LogP contribution in [-0.4, -0.2) is 7.11 Å². The third-order valence-corrected chi connectivity index (χ3v) is 0. The summed E-state index contributed by atoms with van der Waals surface area (Å²) >= 11 is 0. The number of hydrogen-bond donors (Lipinski definition) is 0. The summed E-state index contributed by atoms with van der Waals surface area (Å²) in [5.41, 5.74) is 0. The Morgan fingerprint density at radius 2 is 1.25 bits per heavy atom. The van der Waals surface area contributed by atoms with Gasteiger partial charge in [-0.3, -0.25) is 0 Å². The normalized spacial score (nSPS) is 1.50. The molecule has 1 nitrogen and oxygen atoms in total. The molecule has 0 heterocycles. The fourth-order valence-electron chi connectivity index (χ4n) is 0. The molecule has 0 aromatic carbocycles. The number of hydrogen-bond acceptors (Lipinski definition) is 1. The van der Waals surface area contributed by atoms with Crippen molar-refractivity contribution in [3.05, 3.63) is 0 Å². The minimum absolute atomic E-state index is 0. The molecule has 0 atom stereocenters. The second-order valence-electron chi connectivity index (χ2n) is 0. The van der Waals surface area contributed by atoms with Gasteiger partial charge in [0.15, 0.2) is 0 Å². The van der Waals surface area contributed by atoms with E-state index in [1.807, 2.05) is 0 Å². The van der Waals surface area contributed by atoms with E-state index in [0.29, 0.717) is 0 Å². The Balaban J connectivity index is -0.00000000500. The van der Waals surface area contributed by atoms with Crippen molar-refractivity contribution < 1.29 is 34.7 Å². The molecule has 0 saturated heterocycles. The summed E-state index contributed by atoms with van der Waals surface area (Å²) in [7, 11) is 0.750. The number of rotatable bonds is 0. The average Bonchev–Trinajstić information content (AvgIpc) is 1.00. The summed E-state index contributed by atoms with van der Waals surface area (Å²) < 4.78 is 0. The molecular weight excluding hydrogens is 86.5 g/mol. The van der Waals surface area contributed by atoms with Crippen LogP contribution in [0.1, 0.15) is 0 Å². The molecule has 0 aromatic rings. The SMILES string of the molecule is C[O-].Cl.[Na+]. The van der Waals surface area contributed by atoms with E-state index < -0.39 is 0 Å². The molecule has 0 aromatic heterocycles. The molecule has 0 aliphatic carbocycles. The zero-order valence-electron chi connectivity index (χ0n) is 2.82. The van der Waals surface area contributed by atoms with Crippen LogP contribution in [0.3, 0.4) is 0 Å². The van der Waals surface area contributed by atoms with Gasteiger partial charge < -0.3 is 5.11 Å². The molecule has 0 aliphatic heterocycles. The molecule has 0 spiro atoms. The van der Waals surface area contributed by atoms with E-state index in [-0.39, 0.29) is 42.0 Å². The maximum atomic E-state index is 8.25. The van der Waals surface area contributed by atoms with E-state index in [9.17, 15) is 0 Å². The summed E-state index contributed by atoms with van der Waals surface area (Å²) in [6, 6.07) is 0. The van der Waals surface area contributed by atoms with Crippen molar-refractivity contribution in [2.24, 2.45) is 0 Å². The van der Waals surface area contributed by atoms with Crippen molar-refractivity contribution >= 4 is 12.4 Å². The van der Waals surface area contributed by atoms with Crippen molar-refractivity contribution in [2.45, 2.75) is 0 Å². The van der Waals surface area contributed by atoms with Gasteiger partial charge in [0.1, 0.15) is 0 Å². The van der Waals surface area contributed by atoms with Crippen LogP contribution in [0.5, 0.6) is 0 Å². The third-order valence-electron chi connectivity index (χ3n) is 0. The molecule has 0 N–H and O–H groups in total. The van der Waals surface area contributed by atoms with Crippen LogP contribution in [0.4, 0.5) is 0 Å². The maximum Gasteiger partial charge on any atom is 1.00 e. The molecule has 0 radical (unpaired) electrons. The van der Waals surface area contributed by atoms with Gasteiger partial charge in [-0.05, 0) is 0 Å². The standard InChI is InChI=1S/CH3O.ClH.Na/c1-2;;/h1H3;1H;/q-1;;+1. The van der Waals surface area contributed by atoms with Crippen molar-refractivity contribution in [3.8, 4) is 0 Å². The van der Waals surface area contributed by atoms with Crippen LogP contribution in [0, 0.1) is 0 Å². The molecule has 0 saturated carbocycles. The quantitative estimate of drug-likeness (QED) is 0.282. The van der Waals surface area contributed by atoms with Crippen LogP contribution in [0.2, 0.25) is 0 Å². The molecule has 22 valence electrons. The van der Waals surface area contributed by atoms with Crippen LogP contribution in [-0.2, 0) is 0 Å². The van der Waals surface area contributed by atoms with E-state index in [0.717, 1.165) is 7.11 Å². The zero-order chi connectivity index (χ0) is 2.00. The monoisotopic (exact) mass is 90.0 g/mol. The second-order valence-corrected chi connectivity index (χ2v) is 0. The van der Waals surface area contributed by atoms with Crippen molar-refractivity contribution in [3.63, 3.8) is 0 Å². The van der Waals surface area contributed by atoms with Crippen molar-refractivity contribution in [2.75, 3.05) is 7.11 Å². The summed E-state index contributed by atoms with van der Waals surface area (Å²) in [6.45, 7) is 0. The van der Waals surface area contributed by atoms with E-state index in [4.69, 9.17) is 5.11 Å². The Hall–Kier alpha value is 1.25.